The van der Waals surface area contributed by atoms with Crippen LogP contribution in [0.1, 0.15) is 44.5 Å². The van der Waals surface area contributed by atoms with E-state index < -0.39 is 10.8 Å². The highest BCUT2D eigenvalue weighted by Gasteiger charge is 2.52. The minimum atomic E-state index is -0.569. The second-order valence-corrected chi connectivity index (χ2v) is 16.6. The summed E-state index contributed by atoms with van der Waals surface area (Å²) < 4.78 is 6.72. The van der Waals surface area contributed by atoms with E-state index in [1.807, 2.05) is 0 Å². The van der Waals surface area contributed by atoms with Gasteiger partial charge in [0, 0.05) is 11.1 Å². The van der Waals surface area contributed by atoms with Gasteiger partial charge in [-0.15, -0.1) is 0 Å². The molecule has 0 saturated heterocycles. The first-order valence-electron chi connectivity index (χ1n) is 21.3. The first kappa shape index (κ1) is 34.2. The van der Waals surface area contributed by atoms with E-state index in [4.69, 9.17) is 4.74 Å². The maximum Gasteiger partial charge on any atom is 0.132 e. The second-order valence-electron chi connectivity index (χ2n) is 16.6. The fraction of sp³-hybridized carbons (Fsp3) is 0.0333. The number of fused-ring (bicyclic) bond motifs is 14. The largest absolute Gasteiger partial charge is 0.457 e. The Morgan fingerprint density at radius 3 is 1.54 bits per heavy atom. The molecule has 10 aromatic carbocycles. The fourth-order valence-corrected chi connectivity index (χ4v) is 11.4. The molecule has 2 aliphatic carbocycles. The quantitative estimate of drug-likeness (QED) is 0.173. The topological polar surface area (TPSA) is 9.23 Å². The molecule has 10 aromatic rings. The van der Waals surface area contributed by atoms with Gasteiger partial charge >= 0.3 is 0 Å². The summed E-state index contributed by atoms with van der Waals surface area (Å²) >= 11 is 0. The van der Waals surface area contributed by atoms with Crippen LogP contribution in [0.5, 0.6) is 11.5 Å². The van der Waals surface area contributed by atoms with Crippen LogP contribution in [0.3, 0.4) is 0 Å². The summed E-state index contributed by atoms with van der Waals surface area (Å²) in [7, 11) is 0. The fourth-order valence-electron chi connectivity index (χ4n) is 11.4. The molecule has 0 fully saturated rings. The summed E-state index contributed by atoms with van der Waals surface area (Å²) in [5.41, 5.74) is 19.2. The molecule has 1 heteroatoms. The van der Waals surface area contributed by atoms with Gasteiger partial charge in [0.25, 0.3) is 0 Å². The van der Waals surface area contributed by atoms with E-state index in [2.05, 4.69) is 231 Å². The van der Waals surface area contributed by atoms with Crippen LogP contribution in [0.25, 0.3) is 55.3 Å². The third-order valence-electron chi connectivity index (χ3n) is 13.8. The highest BCUT2D eigenvalue weighted by molar-refractivity contribution is 6.07. The van der Waals surface area contributed by atoms with Crippen molar-refractivity contribution >= 4 is 10.8 Å². The van der Waals surface area contributed by atoms with E-state index in [9.17, 15) is 0 Å². The number of hydrogen-bond donors (Lipinski definition) is 0. The molecule has 1 nitrogen and oxygen atoms in total. The van der Waals surface area contributed by atoms with Crippen molar-refractivity contribution in [3.05, 3.63) is 275 Å². The molecule has 1 aliphatic heterocycles. The monoisotopic (exact) mass is 774 g/mol. The SMILES string of the molecule is c1ccc(C2(c3ccccc3)c3ccccc3Oc3ccc(-c4ccc(-c5cccc6c5-c5ccccc5C65c6ccccc6-c6c5ccc5ccccc65)cc4)cc32)cc1. The number of para-hydroxylation sites is 1. The molecular formula is C60H38O. The molecular weight excluding hydrogens is 737 g/mol. The van der Waals surface area contributed by atoms with E-state index in [-0.39, 0.29) is 0 Å². The van der Waals surface area contributed by atoms with Crippen molar-refractivity contribution in [2.45, 2.75) is 10.8 Å². The van der Waals surface area contributed by atoms with Gasteiger partial charge in [-0.2, -0.15) is 0 Å². The zero-order valence-electron chi connectivity index (χ0n) is 33.3. The third kappa shape index (κ3) is 4.55. The Bertz CT molecular complexity index is 3340. The Hall–Kier alpha value is -7.74. The number of hydrogen-bond acceptors (Lipinski definition) is 1. The highest BCUT2D eigenvalue weighted by atomic mass is 16.5. The van der Waals surface area contributed by atoms with Gasteiger partial charge in [-0.25, -0.2) is 0 Å². The molecule has 0 aromatic heterocycles. The predicted molar refractivity (Wildman–Crippen MR) is 250 cm³/mol. The van der Waals surface area contributed by atoms with Crippen LogP contribution >= 0.6 is 0 Å². The van der Waals surface area contributed by atoms with E-state index in [0.29, 0.717) is 0 Å². The number of rotatable bonds is 4. The van der Waals surface area contributed by atoms with Gasteiger partial charge in [0.05, 0.1) is 10.8 Å². The smallest absolute Gasteiger partial charge is 0.132 e. The second kappa shape index (κ2) is 12.9. The van der Waals surface area contributed by atoms with Crippen LogP contribution in [0.2, 0.25) is 0 Å². The summed E-state index contributed by atoms with van der Waals surface area (Å²) in [5, 5.41) is 2.58. The lowest BCUT2D eigenvalue weighted by atomic mass is 9.63. The lowest BCUT2D eigenvalue weighted by molar-refractivity contribution is 0.434. The number of ether oxygens (including phenoxy) is 1. The highest BCUT2D eigenvalue weighted by Crippen LogP contribution is 2.65. The molecule has 284 valence electrons. The van der Waals surface area contributed by atoms with E-state index in [1.165, 1.54) is 77.5 Å². The van der Waals surface area contributed by atoms with Crippen LogP contribution in [0, 0.1) is 0 Å². The van der Waals surface area contributed by atoms with Crippen molar-refractivity contribution in [2.24, 2.45) is 0 Å². The molecule has 1 atom stereocenters. The first-order chi connectivity index (χ1) is 30.3. The zero-order chi connectivity index (χ0) is 40.1. The molecule has 0 saturated carbocycles. The lowest BCUT2D eigenvalue weighted by Gasteiger charge is -2.41. The zero-order valence-corrected chi connectivity index (χ0v) is 33.3. The summed E-state index contributed by atoms with van der Waals surface area (Å²) in [4.78, 5) is 0. The van der Waals surface area contributed by atoms with E-state index in [1.54, 1.807) is 0 Å². The average molecular weight is 775 g/mol. The van der Waals surface area contributed by atoms with Crippen molar-refractivity contribution in [3.8, 4) is 56.0 Å². The minimum absolute atomic E-state index is 0.411. The lowest BCUT2D eigenvalue weighted by Crippen LogP contribution is -2.34. The summed E-state index contributed by atoms with van der Waals surface area (Å²) in [6.07, 6.45) is 0. The molecule has 61 heavy (non-hydrogen) atoms. The van der Waals surface area contributed by atoms with Crippen molar-refractivity contribution in [2.75, 3.05) is 0 Å². The first-order valence-corrected chi connectivity index (χ1v) is 21.3. The molecule has 1 heterocycles. The van der Waals surface area contributed by atoms with Gasteiger partial charge in [0.2, 0.25) is 0 Å². The van der Waals surface area contributed by atoms with Gasteiger partial charge in [0.15, 0.2) is 0 Å². The Labute approximate surface area is 355 Å². The molecule has 1 spiro atoms. The molecule has 3 aliphatic rings. The standard InChI is InChI=1S/C60H38O/c1-3-17-43(18-4-1)59(44-19-5-2-6-20-44)51-27-13-14-29-55(51)61-56-37-35-42(38-54(56)59)39-30-32-41(33-31-39)46-24-15-28-52-57(46)47-22-9-11-25-49(47)60(52)50-26-12-10-23-48(50)58-45-21-8-7-16-40(45)34-36-53(58)60/h1-38H. The average Bonchev–Trinajstić information content (AvgIpc) is 3.82. The van der Waals surface area contributed by atoms with Gasteiger partial charge in [-0.3, -0.25) is 0 Å². The molecule has 13 rings (SSSR count). The van der Waals surface area contributed by atoms with Gasteiger partial charge in [-0.05, 0) is 107 Å². The van der Waals surface area contributed by atoms with Crippen molar-refractivity contribution in [1.82, 2.24) is 0 Å². The molecule has 0 N–H and O–H groups in total. The van der Waals surface area contributed by atoms with Gasteiger partial charge < -0.3 is 4.74 Å². The van der Waals surface area contributed by atoms with Crippen LogP contribution in [0.15, 0.2) is 231 Å². The van der Waals surface area contributed by atoms with Crippen molar-refractivity contribution in [1.29, 1.82) is 0 Å². The van der Waals surface area contributed by atoms with Crippen molar-refractivity contribution < 1.29 is 4.74 Å². The predicted octanol–water partition coefficient (Wildman–Crippen LogP) is 15.0. The number of benzene rings is 10. The minimum Gasteiger partial charge on any atom is -0.457 e. The molecule has 0 amide bonds. The summed E-state index contributed by atoms with van der Waals surface area (Å²) in [6.45, 7) is 0. The van der Waals surface area contributed by atoms with Gasteiger partial charge in [-0.1, -0.05) is 212 Å². The van der Waals surface area contributed by atoms with Gasteiger partial charge in [0.1, 0.15) is 11.5 Å². The molecule has 0 radical (unpaired) electrons. The Kier molecular flexibility index (Phi) is 7.21. The van der Waals surface area contributed by atoms with Crippen LogP contribution in [0.4, 0.5) is 0 Å². The van der Waals surface area contributed by atoms with Crippen molar-refractivity contribution in [3.63, 3.8) is 0 Å². The van der Waals surface area contributed by atoms with Crippen LogP contribution in [-0.2, 0) is 10.8 Å². The summed E-state index contributed by atoms with van der Waals surface area (Å²) in [5.74, 6) is 1.76. The van der Waals surface area contributed by atoms with E-state index in [0.717, 1.165) is 33.8 Å². The Morgan fingerprint density at radius 2 is 0.803 bits per heavy atom. The van der Waals surface area contributed by atoms with Crippen LogP contribution in [-0.4, -0.2) is 0 Å². The maximum atomic E-state index is 6.72. The molecule has 0 bridgehead atoms. The maximum absolute atomic E-state index is 6.72. The van der Waals surface area contributed by atoms with E-state index >= 15 is 0 Å². The Balaban J connectivity index is 0.975. The van der Waals surface area contributed by atoms with Crippen LogP contribution < -0.4 is 4.74 Å². The molecule has 1 unspecified atom stereocenters. The third-order valence-corrected chi connectivity index (χ3v) is 13.8. The summed E-state index contributed by atoms with van der Waals surface area (Å²) in [6, 6.07) is 85.0. The normalized spacial score (nSPS) is 15.9. The Morgan fingerprint density at radius 1 is 0.279 bits per heavy atom.